The lowest BCUT2D eigenvalue weighted by Crippen LogP contribution is -2.48. The van der Waals surface area contributed by atoms with E-state index in [4.69, 9.17) is 16.3 Å². The number of nitrogens with zero attached hydrogens (tertiary/aromatic N) is 3. The molecule has 3 fully saturated rings. The topological polar surface area (TPSA) is 50.3 Å². The third kappa shape index (κ3) is 3.42. The second-order valence-corrected chi connectivity index (χ2v) is 8.31. The molecule has 0 radical (unpaired) electrons. The van der Waals surface area contributed by atoms with E-state index in [1.807, 2.05) is 12.1 Å². The highest BCUT2D eigenvalue weighted by atomic mass is 35.5. The Balaban J connectivity index is 1.21. The van der Waals surface area contributed by atoms with Gasteiger partial charge in [-0.1, -0.05) is 11.6 Å². The maximum atomic E-state index is 13.5. The molecule has 2 aromatic rings. The fraction of sp³-hybridized carbons (Fsp3) is 0.500. The molecule has 142 valence electrons. The van der Waals surface area contributed by atoms with Crippen LogP contribution in [0.5, 0.6) is 0 Å². The molecule has 7 heteroatoms. The molecule has 0 bridgehead atoms. The molecule has 0 amide bonds. The molecular formula is C20H22ClFN4O. The van der Waals surface area contributed by atoms with E-state index in [0.717, 1.165) is 30.9 Å². The van der Waals surface area contributed by atoms with E-state index in [0.29, 0.717) is 28.4 Å². The van der Waals surface area contributed by atoms with Crippen LogP contribution < -0.4 is 5.32 Å². The smallest absolute Gasteiger partial charge is 0.148 e. The van der Waals surface area contributed by atoms with E-state index in [1.165, 1.54) is 44.1 Å². The molecule has 2 saturated heterocycles. The van der Waals surface area contributed by atoms with Crippen LogP contribution in [0, 0.1) is 17.7 Å². The number of likely N-dealkylation sites (tertiary alicyclic amines) is 1. The van der Waals surface area contributed by atoms with Crippen LogP contribution in [0.15, 0.2) is 30.3 Å². The van der Waals surface area contributed by atoms with Gasteiger partial charge in [0, 0.05) is 24.7 Å². The summed E-state index contributed by atoms with van der Waals surface area (Å²) in [5, 5.41) is 12.5. The standard InChI is InChI=1S/C20H22ClFN4O/c21-18-2-1-14(22)7-17(18)19-3-4-20(25-24-19)23-15-5-12-8-26(9-13(12)6-15)16-10-27-11-16/h1-4,7,12-13,15-16H,5-6,8-11H2,(H,23,25)/t12-,13+,15?. The van der Waals surface area contributed by atoms with E-state index in [-0.39, 0.29) is 5.82 Å². The van der Waals surface area contributed by atoms with Gasteiger partial charge in [-0.05, 0) is 55.0 Å². The summed E-state index contributed by atoms with van der Waals surface area (Å²) < 4.78 is 18.8. The van der Waals surface area contributed by atoms with Crippen LogP contribution in [0.4, 0.5) is 10.2 Å². The SMILES string of the molecule is Fc1ccc(Cl)c(-c2ccc(NC3C[C@@H]4CN(C5COC5)C[C@@H]4C3)nn2)c1. The van der Waals surface area contributed by atoms with Crippen LogP contribution in [-0.4, -0.2) is 53.5 Å². The van der Waals surface area contributed by atoms with Crippen molar-refractivity contribution in [3.8, 4) is 11.3 Å². The van der Waals surface area contributed by atoms with Gasteiger partial charge in [-0.2, -0.15) is 0 Å². The summed E-state index contributed by atoms with van der Waals surface area (Å²) in [6, 6.07) is 9.09. The summed E-state index contributed by atoms with van der Waals surface area (Å²) in [7, 11) is 0. The Hall–Kier alpha value is -1.76. The number of fused-ring (bicyclic) bond motifs is 1. The molecule has 3 atom stereocenters. The molecular weight excluding hydrogens is 367 g/mol. The van der Waals surface area contributed by atoms with Gasteiger partial charge < -0.3 is 10.1 Å². The van der Waals surface area contributed by atoms with Gasteiger partial charge in [0.15, 0.2) is 0 Å². The number of aromatic nitrogens is 2. The van der Waals surface area contributed by atoms with Crippen molar-refractivity contribution in [1.29, 1.82) is 0 Å². The van der Waals surface area contributed by atoms with Crippen molar-refractivity contribution in [2.45, 2.75) is 24.9 Å². The summed E-state index contributed by atoms with van der Waals surface area (Å²) in [6.07, 6.45) is 2.35. The van der Waals surface area contributed by atoms with Crippen molar-refractivity contribution in [1.82, 2.24) is 15.1 Å². The fourth-order valence-electron chi connectivity index (χ4n) is 4.64. The van der Waals surface area contributed by atoms with Crippen LogP contribution in [0.1, 0.15) is 12.8 Å². The van der Waals surface area contributed by atoms with Crippen molar-refractivity contribution in [2.75, 3.05) is 31.6 Å². The summed E-state index contributed by atoms with van der Waals surface area (Å²) in [6.45, 7) is 4.19. The minimum absolute atomic E-state index is 0.335. The Kier molecular flexibility index (Phi) is 4.50. The molecule has 1 aromatic heterocycles. The van der Waals surface area contributed by atoms with E-state index in [1.54, 1.807) is 0 Å². The molecule has 3 heterocycles. The Morgan fingerprint density at radius 3 is 2.48 bits per heavy atom. The summed E-state index contributed by atoms with van der Waals surface area (Å²) >= 11 is 6.15. The summed E-state index contributed by atoms with van der Waals surface area (Å²) in [4.78, 5) is 2.60. The minimum atomic E-state index is -0.335. The third-order valence-electron chi connectivity index (χ3n) is 6.14. The predicted octanol–water partition coefficient (Wildman–Crippen LogP) is 3.46. The Morgan fingerprint density at radius 1 is 1.07 bits per heavy atom. The molecule has 1 aliphatic carbocycles. The molecule has 5 rings (SSSR count). The zero-order chi connectivity index (χ0) is 18.4. The highest BCUT2D eigenvalue weighted by Crippen LogP contribution is 2.40. The van der Waals surface area contributed by atoms with E-state index in [9.17, 15) is 4.39 Å². The first-order valence-electron chi connectivity index (χ1n) is 9.53. The summed E-state index contributed by atoms with van der Waals surface area (Å²) in [5.74, 6) is 1.96. The van der Waals surface area contributed by atoms with Crippen LogP contribution in [0.25, 0.3) is 11.3 Å². The van der Waals surface area contributed by atoms with E-state index in [2.05, 4.69) is 20.4 Å². The predicted molar refractivity (Wildman–Crippen MR) is 102 cm³/mol. The van der Waals surface area contributed by atoms with Gasteiger partial charge in [0.1, 0.15) is 11.6 Å². The lowest BCUT2D eigenvalue weighted by atomic mass is 10.0. The number of ether oxygens (including phenoxy) is 1. The lowest BCUT2D eigenvalue weighted by molar-refractivity contribution is -0.0594. The van der Waals surface area contributed by atoms with Crippen molar-refractivity contribution >= 4 is 17.4 Å². The lowest BCUT2D eigenvalue weighted by Gasteiger charge is -2.35. The second-order valence-electron chi connectivity index (χ2n) is 7.91. The Bertz CT molecular complexity index is 815. The molecule has 3 aliphatic rings. The number of rotatable bonds is 4. The van der Waals surface area contributed by atoms with Crippen molar-refractivity contribution in [3.63, 3.8) is 0 Å². The molecule has 1 aromatic carbocycles. The number of hydrogen-bond donors (Lipinski definition) is 1. The quantitative estimate of drug-likeness (QED) is 0.869. The van der Waals surface area contributed by atoms with E-state index >= 15 is 0 Å². The van der Waals surface area contributed by atoms with Crippen LogP contribution in [0.2, 0.25) is 5.02 Å². The monoisotopic (exact) mass is 388 g/mol. The molecule has 2 aliphatic heterocycles. The molecule has 1 unspecified atom stereocenters. The van der Waals surface area contributed by atoms with Crippen molar-refractivity contribution in [3.05, 3.63) is 41.2 Å². The van der Waals surface area contributed by atoms with Gasteiger partial charge in [-0.15, -0.1) is 10.2 Å². The maximum Gasteiger partial charge on any atom is 0.148 e. The highest BCUT2D eigenvalue weighted by Gasteiger charge is 2.43. The average Bonchev–Trinajstić information content (AvgIpc) is 3.14. The number of benzene rings is 1. The van der Waals surface area contributed by atoms with E-state index < -0.39 is 0 Å². The molecule has 5 nitrogen and oxygen atoms in total. The van der Waals surface area contributed by atoms with Gasteiger partial charge in [0.2, 0.25) is 0 Å². The molecule has 0 spiro atoms. The van der Waals surface area contributed by atoms with Crippen molar-refractivity contribution in [2.24, 2.45) is 11.8 Å². The number of nitrogens with one attached hydrogen (secondary N) is 1. The van der Waals surface area contributed by atoms with Crippen LogP contribution in [0.3, 0.4) is 0 Å². The normalized spacial score (nSPS) is 28.1. The zero-order valence-corrected chi connectivity index (χ0v) is 15.7. The first-order chi connectivity index (χ1) is 13.2. The second kappa shape index (κ2) is 7.00. The molecule has 1 saturated carbocycles. The van der Waals surface area contributed by atoms with Gasteiger partial charge in [-0.25, -0.2) is 4.39 Å². The maximum absolute atomic E-state index is 13.5. The zero-order valence-electron chi connectivity index (χ0n) is 14.9. The third-order valence-corrected chi connectivity index (χ3v) is 6.47. The number of halogens is 2. The fourth-order valence-corrected chi connectivity index (χ4v) is 4.86. The number of anilines is 1. The van der Waals surface area contributed by atoms with Crippen LogP contribution in [-0.2, 0) is 4.74 Å². The highest BCUT2D eigenvalue weighted by molar-refractivity contribution is 6.33. The minimum Gasteiger partial charge on any atom is -0.378 e. The average molecular weight is 389 g/mol. The largest absolute Gasteiger partial charge is 0.378 e. The molecule has 1 N–H and O–H groups in total. The summed E-state index contributed by atoms with van der Waals surface area (Å²) in [5.41, 5.74) is 1.14. The van der Waals surface area contributed by atoms with Crippen molar-refractivity contribution < 1.29 is 9.13 Å². The Morgan fingerprint density at radius 2 is 1.85 bits per heavy atom. The van der Waals surface area contributed by atoms with Crippen LogP contribution >= 0.6 is 11.6 Å². The number of hydrogen-bond acceptors (Lipinski definition) is 5. The van der Waals surface area contributed by atoms with Gasteiger partial charge >= 0.3 is 0 Å². The Labute approximate surface area is 162 Å². The first-order valence-corrected chi connectivity index (χ1v) is 9.91. The molecule has 27 heavy (non-hydrogen) atoms. The van der Waals surface area contributed by atoms with Gasteiger partial charge in [0.25, 0.3) is 0 Å². The van der Waals surface area contributed by atoms with Gasteiger partial charge in [0.05, 0.1) is 30.0 Å². The first kappa shape index (κ1) is 17.3. The van der Waals surface area contributed by atoms with Gasteiger partial charge in [-0.3, -0.25) is 4.90 Å².